The van der Waals surface area contributed by atoms with Crippen molar-refractivity contribution < 1.29 is 19.2 Å². The number of nitrogens with zero attached hydrogens (tertiary/aromatic N) is 1. The van der Waals surface area contributed by atoms with Gasteiger partial charge in [0.25, 0.3) is 11.6 Å². The van der Waals surface area contributed by atoms with Crippen LogP contribution in [0.3, 0.4) is 0 Å². The number of anilines is 1. The monoisotopic (exact) mass is 371 g/mol. The molecule has 0 saturated carbocycles. The standard InChI is InChI=1S/C19H21N3O5/c1-19(2,3)27-18(24)21-15-8-4-6-13(10-15)12-20-17(23)14-7-5-9-16(11-14)22(25)26/h4-11H,12H2,1-3H3,(H,20,23)(H,21,24). The van der Waals surface area contributed by atoms with Crippen LogP contribution in [-0.4, -0.2) is 22.5 Å². The van der Waals surface area contributed by atoms with Gasteiger partial charge in [0.15, 0.2) is 0 Å². The van der Waals surface area contributed by atoms with Gasteiger partial charge in [-0.2, -0.15) is 0 Å². The quantitative estimate of drug-likeness (QED) is 0.612. The molecule has 0 aliphatic rings. The molecule has 8 heteroatoms. The zero-order valence-electron chi connectivity index (χ0n) is 15.3. The van der Waals surface area contributed by atoms with E-state index in [4.69, 9.17) is 4.74 Å². The molecule has 0 spiro atoms. The van der Waals surface area contributed by atoms with Gasteiger partial charge >= 0.3 is 6.09 Å². The molecule has 0 radical (unpaired) electrons. The summed E-state index contributed by atoms with van der Waals surface area (Å²) in [4.78, 5) is 34.3. The molecule has 0 aromatic heterocycles. The summed E-state index contributed by atoms with van der Waals surface area (Å²) < 4.78 is 5.19. The zero-order chi connectivity index (χ0) is 20.0. The van der Waals surface area contributed by atoms with Crippen LogP contribution >= 0.6 is 0 Å². The van der Waals surface area contributed by atoms with Crippen molar-refractivity contribution in [2.45, 2.75) is 32.9 Å². The van der Waals surface area contributed by atoms with Crippen molar-refractivity contribution in [1.29, 1.82) is 0 Å². The van der Waals surface area contributed by atoms with Crippen LogP contribution in [0.5, 0.6) is 0 Å². The SMILES string of the molecule is CC(C)(C)OC(=O)Nc1cccc(CNC(=O)c2cccc([N+](=O)[O-])c2)c1. The number of rotatable bonds is 5. The Balaban J connectivity index is 1.98. The molecule has 2 aromatic rings. The Morgan fingerprint density at radius 2 is 1.81 bits per heavy atom. The molecule has 2 amide bonds. The van der Waals surface area contributed by atoms with E-state index in [1.54, 1.807) is 45.0 Å². The fourth-order valence-electron chi connectivity index (χ4n) is 2.23. The van der Waals surface area contributed by atoms with Crippen LogP contribution in [0.1, 0.15) is 36.7 Å². The Hall–Kier alpha value is -3.42. The average Bonchev–Trinajstić information content (AvgIpc) is 2.58. The molecule has 2 aromatic carbocycles. The molecule has 8 nitrogen and oxygen atoms in total. The van der Waals surface area contributed by atoms with Crippen LogP contribution in [0.15, 0.2) is 48.5 Å². The van der Waals surface area contributed by atoms with Gasteiger partial charge in [-0.15, -0.1) is 0 Å². The molecule has 0 aliphatic carbocycles. The van der Waals surface area contributed by atoms with Gasteiger partial charge in [-0.1, -0.05) is 18.2 Å². The van der Waals surface area contributed by atoms with E-state index in [1.807, 2.05) is 0 Å². The lowest BCUT2D eigenvalue weighted by Crippen LogP contribution is -2.27. The predicted molar refractivity (Wildman–Crippen MR) is 101 cm³/mol. The summed E-state index contributed by atoms with van der Waals surface area (Å²) in [5.41, 5.74) is 0.737. The van der Waals surface area contributed by atoms with Gasteiger partial charge < -0.3 is 10.1 Å². The molecule has 0 aliphatic heterocycles. The number of nitro groups is 1. The summed E-state index contributed by atoms with van der Waals surface area (Å²) in [6.07, 6.45) is -0.569. The Morgan fingerprint density at radius 1 is 1.11 bits per heavy atom. The van der Waals surface area contributed by atoms with Gasteiger partial charge in [-0.05, 0) is 44.5 Å². The first kappa shape index (κ1) is 19.9. The molecule has 0 saturated heterocycles. The van der Waals surface area contributed by atoms with Crippen LogP contribution in [0.4, 0.5) is 16.2 Å². The minimum absolute atomic E-state index is 0.147. The Labute approximate surface area is 156 Å². The maximum Gasteiger partial charge on any atom is 0.412 e. The Bertz CT molecular complexity index is 858. The molecule has 2 rings (SSSR count). The molecular weight excluding hydrogens is 350 g/mol. The molecule has 0 bridgehead atoms. The van der Waals surface area contributed by atoms with Crippen LogP contribution < -0.4 is 10.6 Å². The van der Waals surface area contributed by atoms with Crippen molar-refractivity contribution in [2.24, 2.45) is 0 Å². The third-order valence-electron chi connectivity index (χ3n) is 3.34. The molecule has 0 atom stereocenters. The second-order valence-electron chi connectivity index (χ2n) is 6.82. The molecule has 142 valence electrons. The van der Waals surface area contributed by atoms with Crippen molar-refractivity contribution in [3.8, 4) is 0 Å². The average molecular weight is 371 g/mol. The number of amides is 2. The van der Waals surface area contributed by atoms with Gasteiger partial charge in [-0.25, -0.2) is 4.79 Å². The highest BCUT2D eigenvalue weighted by Crippen LogP contribution is 2.15. The second-order valence-corrected chi connectivity index (χ2v) is 6.82. The van der Waals surface area contributed by atoms with Gasteiger partial charge in [-0.3, -0.25) is 20.2 Å². The first-order valence-electron chi connectivity index (χ1n) is 8.26. The summed E-state index contributed by atoms with van der Waals surface area (Å²) in [5, 5.41) is 16.1. The summed E-state index contributed by atoms with van der Waals surface area (Å²) in [5.74, 6) is -0.427. The Kier molecular flexibility index (Phi) is 6.12. The van der Waals surface area contributed by atoms with Gasteiger partial charge in [0.1, 0.15) is 5.60 Å². The maximum absolute atomic E-state index is 12.2. The summed E-state index contributed by atoms with van der Waals surface area (Å²) in [6, 6.07) is 12.4. The van der Waals surface area contributed by atoms with Gasteiger partial charge in [0.05, 0.1) is 4.92 Å². The van der Waals surface area contributed by atoms with Crippen LogP contribution in [0, 0.1) is 10.1 Å². The fourth-order valence-corrected chi connectivity index (χ4v) is 2.23. The third-order valence-corrected chi connectivity index (χ3v) is 3.34. The van der Waals surface area contributed by atoms with Gasteiger partial charge in [0, 0.05) is 29.9 Å². The van der Waals surface area contributed by atoms with Crippen LogP contribution in [-0.2, 0) is 11.3 Å². The first-order valence-corrected chi connectivity index (χ1v) is 8.26. The lowest BCUT2D eigenvalue weighted by Gasteiger charge is -2.19. The predicted octanol–water partition coefficient (Wildman–Crippen LogP) is 3.87. The number of non-ortho nitro benzene ring substituents is 1. The number of carbonyl (C=O) groups excluding carboxylic acids is 2. The molecule has 0 unspecified atom stereocenters. The molecule has 2 N–H and O–H groups in total. The van der Waals surface area contributed by atoms with Crippen molar-refractivity contribution in [3.05, 3.63) is 69.8 Å². The number of hydrogen-bond donors (Lipinski definition) is 2. The smallest absolute Gasteiger partial charge is 0.412 e. The highest BCUT2D eigenvalue weighted by Gasteiger charge is 2.16. The Morgan fingerprint density at radius 3 is 2.48 bits per heavy atom. The van der Waals surface area contributed by atoms with Crippen LogP contribution in [0.25, 0.3) is 0 Å². The van der Waals surface area contributed by atoms with Crippen molar-refractivity contribution in [1.82, 2.24) is 5.32 Å². The number of nitro benzene ring substituents is 1. The lowest BCUT2D eigenvalue weighted by atomic mass is 10.1. The first-order chi connectivity index (χ1) is 12.6. The van der Waals surface area contributed by atoms with E-state index in [-0.39, 0.29) is 17.8 Å². The van der Waals surface area contributed by atoms with Crippen molar-refractivity contribution >= 4 is 23.4 Å². The normalized spacial score (nSPS) is 10.8. The number of ether oxygens (including phenoxy) is 1. The largest absolute Gasteiger partial charge is 0.444 e. The molecule has 27 heavy (non-hydrogen) atoms. The van der Waals surface area contributed by atoms with E-state index in [9.17, 15) is 19.7 Å². The molecular formula is C19H21N3O5. The number of hydrogen-bond acceptors (Lipinski definition) is 5. The van der Waals surface area contributed by atoms with E-state index in [0.717, 1.165) is 5.56 Å². The summed E-state index contributed by atoms with van der Waals surface area (Å²) in [6.45, 7) is 5.51. The summed E-state index contributed by atoms with van der Waals surface area (Å²) >= 11 is 0. The summed E-state index contributed by atoms with van der Waals surface area (Å²) in [7, 11) is 0. The topological polar surface area (TPSA) is 111 Å². The van der Waals surface area contributed by atoms with Gasteiger partial charge in [0.2, 0.25) is 0 Å². The van der Waals surface area contributed by atoms with Crippen molar-refractivity contribution in [3.63, 3.8) is 0 Å². The fraction of sp³-hybridized carbons (Fsp3) is 0.263. The highest BCUT2D eigenvalue weighted by atomic mass is 16.6. The lowest BCUT2D eigenvalue weighted by molar-refractivity contribution is -0.384. The number of benzene rings is 2. The number of carbonyl (C=O) groups is 2. The molecule has 0 fully saturated rings. The highest BCUT2D eigenvalue weighted by molar-refractivity contribution is 5.94. The number of nitrogens with one attached hydrogen (secondary N) is 2. The van der Waals surface area contributed by atoms with E-state index in [0.29, 0.717) is 5.69 Å². The van der Waals surface area contributed by atoms with E-state index in [1.165, 1.54) is 24.3 Å². The minimum Gasteiger partial charge on any atom is -0.444 e. The maximum atomic E-state index is 12.2. The third kappa shape index (κ3) is 6.43. The van der Waals surface area contributed by atoms with E-state index >= 15 is 0 Å². The minimum atomic E-state index is -0.603. The van der Waals surface area contributed by atoms with Crippen LogP contribution in [0.2, 0.25) is 0 Å². The zero-order valence-corrected chi connectivity index (χ0v) is 15.3. The van der Waals surface area contributed by atoms with E-state index in [2.05, 4.69) is 10.6 Å². The van der Waals surface area contributed by atoms with E-state index < -0.39 is 22.5 Å². The second kappa shape index (κ2) is 8.31. The van der Waals surface area contributed by atoms with Crippen molar-refractivity contribution in [2.75, 3.05) is 5.32 Å². The molecule has 0 heterocycles.